The van der Waals surface area contributed by atoms with E-state index in [0.717, 1.165) is 19.3 Å². The van der Waals surface area contributed by atoms with Gasteiger partial charge in [0.25, 0.3) is 0 Å². The molecule has 102 valence electrons. The number of likely N-dealkylation sites (N-methyl/N-ethyl adjacent to an activating group) is 1. The monoisotopic (exact) mass is 244 g/mol. The molecule has 0 aliphatic heterocycles. The first-order chi connectivity index (χ1) is 7.99. The molecule has 0 aromatic carbocycles. The molecule has 4 nitrogen and oxygen atoms in total. The van der Waals surface area contributed by atoms with Crippen LogP contribution in [0.15, 0.2) is 0 Å². The molecular formula is C13H28N2O2. The fourth-order valence-corrected chi connectivity index (χ4v) is 1.32. The summed E-state index contributed by atoms with van der Waals surface area (Å²) >= 11 is 0. The number of ether oxygens (including phenoxy) is 1. The SMILES string of the molecule is CCCCOCC(=O)N(C)CCC(N)C(C)C. The molecule has 17 heavy (non-hydrogen) atoms. The van der Waals surface area contributed by atoms with Gasteiger partial charge in [0.15, 0.2) is 0 Å². The van der Waals surface area contributed by atoms with Gasteiger partial charge in [-0.3, -0.25) is 4.79 Å². The van der Waals surface area contributed by atoms with E-state index in [0.29, 0.717) is 19.1 Å². The van der Waals surface area contributed by atoms with E-state index in [9.17, 15) is 4.79 Å². The third-order valence-electron chi connectivity index (χ3n) is 2.95. The molecule has 0 spiro atoms. The van der Waals surface area contributed by atoms with Gasteiger partial charge in [0.05, 0.1) is 0 Å². The van der Waals surface area contributed by atoms with Gasteiger partial charge in [-0.15, -0.1) is 0 Å². The second-order valence-corrected chi connectivity index (χ2v) is 4.92. The van der Waals surface area contributed by atoms with Gasteiger partial charge in [0.1, 0.15) is 6.61 Å². The summed E-state index contributed by atoms with van der Waals surface area (Å²) in [6.45, 7) is 7.86. The van der Waals surface area contributed by atoms with Gasteiger partial charge in [-0.2, -0.15) is 0 Å². The van der Waals surface area contributed by atoms with Crippen molar-refractivity contribution in [3.8, 4) is 0 Å². The van der Waals surface area contributed by atoms with Gasteiger partial charge in [0, 0.05) is 26.2 Å². The quantitative estimate of drug-likeness (QED) is 0.627. The lowest BCUT2D eigenvalue weighted by molar-refractivity contribution is -0.134. The number of amides is 1. The van der Waals surface area contributed by atoms with Crippen LogP contribution in [0.4, 0.5) is 0 Å². The third-order valence-corrected chi connectivity index (χ3v) is 2.95. The van der Waals surface area contributed by atoms with Gasteiger partial charge in [-0.1, -0.05) is 27.2 Å². The minimum Gasteiger partial charge on any atom is -0.372 e. The zero-order valence-electron chi connectivity index (χ0n) is 11.7. The second kappa shape index (κ2) is 9.42. The van der Waals surface area contributed by atoms with Gasteiger partial charge in [-0.05, 0) is 18.8 Å². The number of hydrogen-bond donors (Lipinski definition) is 1. The first-order valence-corrected chi connectivity index (χ1v) is 6.56. The average Bonchev–Trinajstić information content (AvgIpc) is 2.30. The first-order valence-electron chi connectivity index (χ1n) is 6.56. The molecule has 1 amide bonds. The molecule has 0 saturated heterocycles. The molecule has 4 heteroatoms. The predicted octanol–water partition coefficient (Wildman–Crippen LogP) is 1.63. The van der Waals surface area contributed by atoms with Crippen molar-refractivity contribution in [3.63, 3.8) is 0 Å². The number of nitrogens with two attached hydrogens (primary N) is 1. The van der Waals surface area contributed by atoms with Gasteiger partial charge >= 0.3 is 0 Å². The van der Waals surface area contributed by atoms with E-state index in [2.05, 4.69) is 20.8 Å². The smallest absolute Gasteiger partial charge is 0.248 e. The van der Waals surface area contributed by atoms with Crippen molar-refractivity contribution in [1.82, 2.24) is 4.90 Å². The first kappa shape index (κ1) is 16.4. The zero-order chi connectivity index (χ0) is 13.3. The Labute approximate surface area is 105 Å². The van der Waals surface area contributed by atoms with Crippen LogP contribution in [0.1, 0.15) is 40.0 Å². The molecule has 0 radical (unpaired) electrons. The normalized spacial score (nSPS) is 12.8. The zero-order valence-corrected chi connectivity index (χ0v) is 11.7. The van der Waals surface area contributed by atoms with Crippen LogP contribution in [-0.2, 0) is 9.53 Å². The summed E-state index contributed by atoms with van der Waals surface area (Å²) in [5.41, 5.74) is 5.94. The fraction of sp³-hybridized carbons (Fsp3) is 0.923. The summed E-state index contributed by atoms with van der Waals surface area (Å²) in [7, 11) is 1.80. The molecule has 2 N–H and O–H groups in total. The standard InChI is InChI=1S/C13H28N2O2/c1-5-6-9-17-10-13(16)15(4)8-7-12(14)11(2)3/h11-12H,5-10,14H2,1-4H3. The van der Waals surface area contributed by atoms with Crippen LogP contribution in [0.2, 0.25) is 0 Å². The van der Waals surface area contributed by atoms with Crippen LogP contribution in [0.3, 0.4) is 0 Å². The van der Waals surface area contributed by atoms with Crippen LogP contribution < -0.4 is 5.73 Å². The number of nitrogens with zero attached hydrogens (tertiary/aromatic N) is 1. The summed E-state index contributed by atoms with van der Waals surface area (Å²) in [6.07, 6.45) is 2.94. The minimum atomic E-state index is 0.0389. The Kier molecular flexibility index (Phi) is 9.09. The highest BCUT2D eigenvalue weighted by molar-refractivity contribution is 5.77. The van der Waals surface area contributed by atoms with E-state index >= 15 is 0 Å². The van der Waals surface area contributed by atoms with Crippen molar-refractivity contribution in [2.45, 2.75) is 46.1 Å². The van der Waals surface area contributed by atoms with Crippen LogP contribution >= 0.6 is 0 Å². The Morgan fingerprint density at radius 3 is 2.59 bits per heavy atom. The summed E-state index contributed by atoms with van der Waals surface area (Å²) in [6, 6.07) is 0.159. The van der Waals surface area contributed by atoms with E-state index in [4.69, 9.17) is 10.5 Å². The highest BCUT2D eigenvalue weighted by atomic mass is 16.5. The fourth-order valence-electron chi connectivity index (χ4n) is 1.32. The van der Waals surface area contributed by atoms with Crippen LogP contribution in [0.5, 0.6) is 0 Å². The maximum atomic E-state index is 11.6. The molecule has 0 aromatic rings. The summed E-state index contributed by atoms with van der Waals surface area (Å²) in [5.74, 6) is 0.497. The number of hydrogen-bond acceptors (Lipinski definition) is 3. The van der Waals surface area contributed by atoms with Crippen molar-refractivity contribution in [2.75, 3.05) is 26.8 Å². The Bertz CT molecular complexity index is 208. The lowest BCUT2D eigenvalue weighted by Crippen LogP contribution is -2.36. The van der Waals surface area contributed by atoms with Crippen molar-refractivity contribution in [2.24, 2.45) is 11.7 Å². The Morgan fingerprint density at radius 1 is 1.41 bits per heavy atom. The summed E-state index contributed by atoms with van der Waals surface area (Å²) in [5, 5.41) is 0. The van der Waals surface area contributed by atoms with Crippen molar-refractivity contribution < 1.29 is 9.53 Å². The maximum Gasteiger partial charge on any atom is 0.248 e. The molecular weight excluding hydrogens is 216 g/mol. The van der Waals surface area contributed by atoms with Crippen molar-refractivity contribution >= 4 is 5.91 Å². The lowest BCUT2D eigenvalue weighted by atomic mass is 10.0. The van der Waals surface area contributed by atoms with Crippen molar-refractivity contribution in [3.05, 3.63) is 0 Å². The maximum absolute atomic E-state index is 11.6. The molecule has 1 unspecified atom stereocenters. The largest absolute Gasteiger partial charge is 0.372 e. The van der Waals surface area contributed by atoms with E-state index in [1.165, 1.54) is 0 Å². The average molecular weight is 244 g/mol. The Hall–Kier alpha value is -0.610. The molecule has 0 fully saturated rings. The molecule has 0 bridgehead atoms. The van der Waals surface area contributed by atoms with E-state index in [1.807, 2.05) is 0 Å². The molecule has 0 saturated carbocycles. The molecule has 1 atom stereocenters. The van der Waals surface area contributed by atoms with E-state index in [-0.39, 0.29) is 18.6 Å². The summed E-state index contributed by atoms with van der Waals surface area (Å²) in [4.78, 5) is 13.4. The number of unbranched alkanes of at least 4 members (excludes halogenated alkanes) is 1. The summed E-state index contributed by atoms with van der Waals surface area (Å²) < 4.78 is 5.29. The second-order valence-electron chi connectivity index (χ2n) is 4.92. The number of carbonyl (C=O) groups is 1. The number of rotatable bonds is 9. The van der Waals surface area contributed by atoms with E-state index in [1.54, 1.807) is 11.9 Å². The van der Waals surface area contributed by atoms with Crippen LogP contribution in [0.25, 0.3) is 0 Å². The molecule has 0 heterocycles. The molecule has 0 aliphatic rings. The highest BCUT2D eigenvalue weighted by Gasteiger charge is 2.12. The van der Waals surface area contributed by atoms with Crippen molar-refractivity contribution in [1.29, 1.82) is 0 Å². The Morgan fingerprint density at radius 2 is 2.06 bits per heavy atom. The van der Waals surface area contributed by atoms with Crippen LogP contribution in [-0.4, -0.2) is 43.7 Å². The molecule has 0 rings (SSSR count). The van der Waals surface area contributed by atoms with Gasteiger partial charge in [0.2, 0.25) is 5.91 Å². The van der Waals surface area contributed by atoms with Crippen LogP contribution in [0, 0.1) is 5.92 Å². The molecule has 0 aliphatic carbocycles. The lowest BCUT2D eigenvalue weighted by Gasteiger charge is -2.21. The van der Waals surface area contributed by atoms with Gasteiger partial charge < -0.3 is 15.4 Å². The minimum absolute atomic E-state index is 0.0389. The number of carbonyl (C=O) groups excluding carboxylic acids is 1. The third kappa shape index (κ3) is 8.16. The van der Waals surface area contributed by atoms with E-state index < -0.39 is 0 Å². The topological polar surface area (TPSA) is 55.6 Å². The molecule has 0 aromatic heterocycles. The highest BCUT2D eigenvalue weighted by Crippen LogP contribution is 2.03. The predicted molar refractivity (Wildman–Crippen MR) is 70.8 cm³/mol. The Balaban J connectivity index is 3.67. The van der Waals surface area contributed by atoms with Gasteiger partial charge in [-0.25, -0.2) is 0 Å².